The summed E-state index contributed by atoms with van der Waals surface area (Å²) in [7, 11) is -3.65. The summed E-state index contributed by atoms with van der Waals surface area (Å²) in [6.45, 7) is 2.40. The monoisotopic (exact) mass is 407 g/mol. The van der Waals surface area contributed by atoms with E-state index < -0.39 is 10.0 Å². The van der Waals surface area contributed by atoms with Gasteiger partial charge in [-0.2, -0.15) is 0 Å². The van der Waals surface area contributed by atoms with Gasteiger partial charge in [0.15, 0.2) is 0 Å². The van der Waals surface area contributed by atoms with Gasteiger partial charge in [-0.3, -0.25) is 4.31 Å². The predicted molar refractivity (Wildman–Crippen MR) is 118 cm³/mol. The van der Waals surface area contributed by atoms with Gasteiger partial charge in [-0.05, 0) is 48.1 Å². The highest BCUT2D eigenvalue weighted by Gasteiger charge is 2.28. The minimum absolute atomic E-state index is 0.319. The maximum atomic E-state index is 13.5. The Labute approximate surface area is 169 Å². The summed E-state index contributed by atoms with van der Waals surface area (Å²) < 4.78 is 29.7. The van der Waals surface area contributed by atoms with Gasteiger partial charge in [-0.25, -0.2) is 8.42 Å². The zero-order chi connectivity index (χ0) is 19.6. The average molecular weight is 408 g/mol. The molecule has 0 radical (unpaired) electrons. The number of rotatable bonds is 6. The Morgan fingerprint density at radius 1 is 0.821 bits per heavy atom. The second kappa shape index (κ2) is 7.78. The molecule has 0 saturated carbocycles. The predicted octanol–water partition coefficient (Wildman–Crippen LogP) is 5.65. The quantitative estimate of drug-likeness (QED) is 0.414. The minimum Gasteiger partial charge on any atom is -0.256 e. The van der Waals surface area contributed by atoms with Crippen molar-refractivity contribution in [1.29, 1.82) is 0 Å². The van der Waals surface area contributed by atoms with E-state index in [0.29, 0.717) is 17.9 Å². The zero-order valence-corrected chi connectivity index (χ0v) is 17.2. The first kappa shape index (κ1) is 18.7. The lowest BCUT2D eigenvalue weighted by Crippen LogP contribution is -2.32. The van der Waals surface area contributed by atoms with Gasteiger partial charge in [0.05, 0.1) is 4.90 Å². The maximum Gasteiger partial charge on any atom is 0.264 e. The van der Waals surface area contributed by atoms with E-state index in [1.54, 1.807) is 28.6 Å². The summed E-state index contributed by atoms with van der Waals surface area (Å²) in [5.74, 6) is 0. The van der Waals surface area contributed by atoms with Crippen molar-refractivity contribution >= 4 is 36.4 Å². The molecule has 1 heterocycles. The van der Waals surface area contributed by atoms with Crippen LogP contribution in [0.15, 0.2) is 89.8 Å². The van der Waals surface area contributed by atoms with Crippen LogP contribution in [-0.4, -0.2) is 15.0 Å². The summed E-state index contributed by atoms with van der Waals surface area (Å²) in [6, 6.07) is 26.8. The van der Waals surface area contributed by atoms with Crippen LogP contribution in [0.3, 0.4) is 0 Å². The molecule has 0 aliphatic heterocycles. The molecule has 28 heavy (non-hydrogen) atoms. The fraction of sp³-hybridized carbons (Fsp3) is 0.130. The topological polar surface area (TPSA) is 37.4 Å². The molecule has 0 fully saturated rings. The number of sulfonamides is 1. The number of anilines is 1. The first-order valence-corrected chi connectivity index (χ1v) is 11.4. The van der Waals surface area contributed by atoms with Gasteiger partial charge in [0.25, 0.3) is 10.0 Å². The highest BCUT2D eigenvalue weighted by molar-refractivity contribution is 7.93. The molecule has 142 valence electrons. The van der Waals surface area contributed by atoms with Crippen molar-refractivity contribution < 1.29 is 8.42 Å². The summed E-state index contributed by atoms with van der Waals surface area (Å²) >= 11 is 1.54. The number of benzene rings is 3. The van der Waals surface area contributed by atoms with Gasteiger partial charge in [-0.15, -0.1) is 11.3 Å². The Morgan fingerprint density at radius 2 is 1.43 bits per heavy atom. The molecule has 0 N–H and O–H groups in total. The number of thiophene rings is 1. The van der Waals surface area contributed by atoms with Crippen molar-refractivity contribution in [3.05, 3.63) is 96.1 Å². The molecule has 0 spiro atoms. The number of aryl methyl sites for hydroxylation is 1. The van der Waals surface area contributed by atoms with E-state index in [1.165, 1.54) is 11.3 Å². The number of nitrogens with zero attached hydrogens (tertiary/aromatic N) is 1. The summed E-state index contributed by atoms with van der Waals surface area (Å²) in [4.78, 5) is 0.319. The summed E-state index contributed by atoms with van der Waals surface area (Å²) in [5, 5.41) is 1.90. The van der Waals surface area contributed by atoms with E-state index in [4.69, 9.17) is 0 Å². The lowest BCUT2D eigenvalue weighted by Gasteiger charge is -2.24. The van der Waals surface area contributed by atoms with Gasteiger partial charge < -0.3 is 0 Å². The third-order valence-electron chi connectivity index (χ3n) is 4.82. The third kappa shape index (κ3) is 3.55. The lowest BCUT2D eigenvalue weighted by molar-refractivity contribution is 0.591. The average Bonchev–Trinajstić information content (AvgIpc) is 3.06. The highest BCUT2D eigenvalue weighted by Crippen LogP contribution is 2.39. The van der Waals surface area contributed by atoms with Gasteiger partial charge in [0.1, 0.15) is 5.00 Å². The van der Waals surface area contributed by atoms with Gasteiger partial charge in [-0.1, -0.05) is 66.7 Å². The van der Waals surface area contributed by atoms with Crippen LogP contribution in [-0.2, 0) is 16.4 Å². The molecule has 0 amide bonds. The largest absolute Gasteiger partial charge is 0.264 e. The van der Waals surface area contributed by atoms with Crippen molar-refractivity contribution in [3.8, 4) is 0 Å². The number of hydrogen-bond donors (Lipinski definition) is 0. The van der Waals surface area contributed by atoms with Crippen LogP contribution in [0.1, 0.15) is 11.1 Å². The van der Waals surface area contributed by atoms with Gasteiger partial charge >= 0.3 is 0 Å². The Balaban J connectivity index is 1.80. The van der Waals surface area contributed by atoms with Crippen LogP contribution in [0.25, 0.3) is 10.1 Å². The molecule has 1 aromatic heterocycles. The third-order valence-corrected chi connectivity index (χ3v) is 8.05. The molecule has 3 aromatic carbocycles. The molecule has 0 atom stereocenters. The van der Waals surface area contributed by atoms with Crippen molar-refractivity contribution in [2.45, 2.75) is 18.2 Å². The van der Waals surface area contributed by atoms with E-state index in [9.17, 15) is 8.42 Å². The molecular weight excluding hydrogens is 386 g/mol. The summed E-state index contributed by atoms with van der Waals surface area (Å²) in [6.07, 6.45) is 0.653. The van der Waals surface area contributed by atoms with Crippen LogP contribution in [0.4, 0.5) is 5.00 Å². The van der Waals surface area contributed by atoms with Crippen LogP contribution in [0.5, 0.6) is 0 Å². The Hall–Kier alpha value is -2.63. The first-order chi connectivity index (χ1) is 13.6. The van der Waals surface area contributed by atoms with E-state index in [0.717, 1.165) is 26.2 Å². The second-order valence-corrected chi connectivity index (χ2v) is 9.55. The molecular formula is C23H21NO2S2. The zero-order valence-electron chi connectivity index (χ0n) is 15.6. The van der Waals surface area contributed by atoms with E-state index in [1.807, 2.05) is 61.5 Å². The molecule has 3 nitrogen and oxygen atoms in total. The SMILES string of the molecule is Cc1c(N(CCc2ccccc2)S(=O)(=O)c2ccccc2)sc2ccccc12. The van der Waals surface area contributed by atoms with Crippen LogP contribution < -0.4 is 4.31 Å². The number of hydrogen-bond acceptors (Lipinski definition) is 3. The minimum atomic E-state index is -3.65. The van der Waals surface area contributed by atoms with Gasteiger partial charge in [0.2, 0.25) is 0 Å². The molecule has 0 aliphatic rings. The van der Waals surface area contributed by atoms with Crippen molar-refractivity contribution in [2.24, 2.45) is 0 Å². The maximum absolute atomic E-state index is 13.5. The summed E-state index contributed by atoms with van der Waals surface area (Å²) in [5.41, 5.74) is 2.13. The highest BCUT2D eigenvalue weighted by atomic mass is 32.2. The fourth-order valence-electron chi connectivity index (χ4n) is 3.33. The molecule has 4 aromatic rings. The van der Waals surface area contributed by atoms with Gasteiger partial charge in [0, 0.05) is 11.2 Å². The Bertz CT molecular complexity index is 1180. The van der Waals surface area contributed by atoms with Crippen LogP contribution >= 0.6 is 11.3 Å². The molecule has 0 saturated heterocycles. The van der Waals surface area contributed by atoms with Crippen molar-refractivity contribution in [2.75, 3.05) is 10.8 Å². The lowest BCUT2D eigenvalue weighted by atomic mass is 10.1. The normalized spacial score (nSPS) is 11.6. The molecule has 4 rings (SSSR count). The fourth-order valence-corrected chi connectivity index (χ4v) is 6.32. The smallest absolute Gasteiger partial charge is 0.256 e. The molecule has 0 unspecified atom stereocenters. The van der Waals surface area contributed by atoms with E-state index >= 15 is 0 Å². The first-order valence-electron chi connectivity index (χ1n) is 9.17. The van der Waals surface area contributed by atoms with E-state index in [-0.39, 0.29) is 0 Å². The van der Waals surface area contributed by atoms with Crippen LogP contribution in [0, 0.1) is 6.92 Å². The van der Waals surface area contributed by atoms with Crippen molar-refractivity contribution in [3.63, 3.8) is 0 Å². The number of fused-ring (bicyclic) bond motifs is 1. The van der Waals surface area contributed by atoms with Crippen LogP contribution in [0.2, 0.25) is 0 Å². The van der Waals surface area contributed by atoms with E-state index in [2.05, 4.69) is 6.07 Å². The molecule has 0 aliphatic carbocycles. The molecule has 0 bridgehead atoms. The molecule has 5 heteroatoms. The van der Waals surface area contributed by atoms with Crippen molar-refractivity contribution in [1.82, 2.24) is 0 Å². The standard InChI is InChI=1S/C23H21NO2S2/c1-18-21-14-8-9-15-22(21)27-23(18)24(17-16-19-10-4-2-5-11-19)28(25,26)20-12-6-3-7-13-20/h2-15H,16-17H2,1H3. The Morgan fingerprint density at radius 3 is 2.11 bits per heavy atom. The Kier molecular flexibility index (Phi) is 5.20. The second-order valence-electron chi connectivity index (χ2n) is 6.65.